The van der Waals surface area contributed by atoms with E-state index in [9.17, 15) is 0 Å². The summed E-state index contributed by atoms with van der Waals surface area (Å²) >= 11 is 0. The maximum Gasteiger partial charge on any atom is 0.101 e. The number of rotatable bonds is 2. The van der Waals surface area contributed by atoms with Gasteiger partial charge in [-0.3, -0.25) is 5.26 Å². The Morgan fingerprint density at radius 1 is 1.33 bits per heavy atom. The molecule has 2 heteroatoms. The van der Waals surface area contributed by atoms with Gasteiger partial charge in [0.1, 0.15) is 5.60 Å². The highest BCUT2D eigenvalue weighted by molar-refractivity contribution is 4.82. The maximum atomic E-state index is 8.73. The molecule has 1 saturated carbocycles. The zero-order chi connectivity index (χ0) is 9.19. The Morgan fingerprint density at radius 3 is 2.50 bits per heavy atom. The molecule has 72 valence electrons. The molecule has 1 aliphatic carbocycles. The number of hydrogen-bond acceptors (Lipinski definition) is 2. The molecule has 0 amide bonds. The van der Waals surface area contributed by atoms with Gasteiger partial charge in [-0.25, -0.2) is 4.89 Å². The SMILES string of the molecule is CC1CCCC(C(C)(C)OO)C1. The molecule has 0 aromatic heterocycles. The molecule has 2 unspecified atom stereocenters. The minimum absolute atomic E-state index is 0.353. The molecule has 0 radical (unpaired) electrons. The second-order valence-corrected chi connectivity index (χ2v) is 4.66. The fraction of sp³-hybridized carbons (Fsp3) is 1.00. The third kappa shape index (κ3) is 2.20. The van der Waals surface area contributed by atoms with Crippen LogP contribution in [0, 0.1) is 11.8 Å². The summed E-state index contributed by atoms with van der Waals surface area (Å²) in [6.45, 7) is 6.21. The lowest BCUT2D eigenvalue weighted by atomic mass is 9.75. The molecule has 0 saturated heterocycles. The molecule has 1 fully saturated rings. The van der Waals surface area contributed by atoms with E-state index in [4.69, 9.17) is 5.26 Å². The Labute approximate surface area is 74.9 Å². The monoisotopic (exact) mass is 172 g/mol. The summed E-state index contributed by atoms with van der Waals surface area (Å²) < 4.78 is 0. The summed E-state index contributed by atoms with van der Waals surface area (Å²) in [5.41, 5.74) is -0.353. The van der Waals surface area contributed by atoms with Gasteiger partial charge in [0.05, 0.1) is 0 Å². The van der Waals surface area contributed by atoms with E-state index in [1.54, 1.807) is 0 Å². The van der Waals surface area contributed by atoms with Crippen molar-refractivity contribution >= 4 is 0 Å². The molecule has 0 aromatic carbocycles. The third-order valence-corrected chi connectivity index (χ3v) is 3.15. The van der Waals surface area contributed by atoms with E-state index in [1.165, 1.54) is 25.7 Å². The molecule has 2 atom stereocenters. The van der Waals surface area contributed by atoms with Crippen LogP contribution in [0.5, 0.6) is 0 Å². The first-order valence-corrected chi connectivity index (χ1v) is 4.89. The Bertz CT molecular complexity index is 143. The number of hydrogen-bond donors (Lipinski definition) is 1. The van der Waals surface area contributed by atoms with Crippen LogP contribution >= 0.6 is 0 Å². The highest BCUT2D eigenvalue weighted by atomic mass is 17.1. The molecule has 0 aliphatic heterocycles. The predicted octanol–water partition coefficient (Wildman–Crippen LogP) is 3.08. The Balaban J connectivity index is 2.50. The van der Waals surface area contributed by atoms with Gasteiger partial charge in [-0.15, -0.1) is 0 Å². The highest BCUT2D eigenvalue weighted by Gasteiger charge is 2.33. The summed E-state index contributed by atoms with van der Waals surface area (Å²) in [6, 6.07) is 0. The lowest BCUT2D eigenvalue weighted by molar-refractivity contribution is -0.329. The van der Waals surface area contributed by atoms with Crippen molar-refractivity contribution in [1.29, 1.82) is 0 Å². The van der Waals surface area contributed by atoms with E-state index in [2.05, 4.69) is 11.8 Å². The van der Waals surface area contributed by atoms with Crippen molar-refractivity contribution < 1.29 is 10.1 Å². The molecule has 0 heterocycles. The van der Waals surface area contributed by atoms with Gasteiger partial charge in [0.2, 0.25) is 0 Å². The molecule has 1 aliphatic rings. The molecular formula is C10H20O2. The first-order chi connectivity index (χ1) is 5.56. The molecular weight excluding hydrogens is 152 g/mol. The Kier molecular flexibility index (Phi) is 3.13. The smallest absolute Gasteiger partial charge is 0.101 e. The molecule has 0 aromatic rings. The summed E-state index contributed by atoms with van der Waals surface area (Å²) in [7, 11) is 0. The summed E-state index contributed by atoms with van der Waals surface area (Å²) in [5.74, 6) is 1.31. The minimum Gasteiger partial charge on any atom is -0.251 e. The van der Waals surface area contributed by atoms with E-state index in [0.29, 0.717) is 5.92 Å². The minimum atomic E-state index is -0.353. The van der Waals surface area contributed by atoms with E-state index in [-0.39, 0.29) is 5.60 Å². The van der Waals surface area contributed by atoms with Crippen LogP contribution in [0.1, 0.15) is 46.5 Å². The van der Waals surface area contributed by atoms with Crippen molar-refractivity contribution in [1.82, 2.24) is 0 Å². The molecule has 0 bridgehead atoms. The highest BCUT2D eigenvalue weighted by Crippen LogP contribution is 2.36. The zero-order valence-corrected chi connectivity index (χ0v) is 8.34. The molecule has 1 N–H and O–H groups in total. The lowest BCUT2D eigenvalue weighted by Gasteiger charge is -2.36. The van der Waals surface area contributed by atoms with Crippen molar-refractivity contribution in [3.05, 3.63) is 0 Å². The van der Waals surface area contributed by atoms with E-state index in [0.717, 1.165) is 5.92 Å². The van der Waals surface area contributed by atoms with Crippen LogP contribution < -0.4 is 0 Å². The Morgan fingerprint density at radius 2 is 2.00 bits per heavy atom. The van der Waals surface area contributed by atoms with Crippen LogP contribution in [-0.4, -0.2) is 10.9 Å². The van der Waals surface area contributed by atoms with E-state index < -0.39 is 0 Å². The second kappa shape index (κ2) is 3.75. The normalized spacial score (nSPS) is 32.0. The van der Waals surface area contributed by atoms with Gasteiger partial charge < -0.3 is 0 Å². The standard InChI is InChI=1S/C10H20O2/c1-8-5-4-6-9(7-8)10(2,3)12-11/h8-9,11H,4-7H2,1-3H3. The van der Waals surface area contributed by atoms with Gasteiger partial charge in [0, 0.05) is 0 Å². The second-order valence-electron chi connectivity index (χ2n) is 4.66. The molecule has 1 rings (SSSR count). The fourth-order valence-electron chi connectivity index (χ4n) is 2.14. The van der Waals surface area contributed by atoms with Gasteiger partial charge in [0.15, 0.2) is 0 Å². The summed E-state index contributed by atoms with van der Waals surface area (Å²) in [5, 5.41) is 8.73. The molecule has 12 heavy (non-hydrogen) atoms. The van der Waals surface area contributed by atoms with Crippen LogP contribution in [0.15, 0.2) is 0 Å². The van der Waals surface area contributed by atoms with Crippen molar-refractivity contribution in [3.63, 3.8) is 0 Å². The first kappa shape index (κ1) is 10.0. The average Bonchev–Trinajstić information content (AvgIpc) is 2.05. The van der Waals surface area contributed by atoms with Crippen molar-refractivity contribution in [2.24, 2.45) is 11.8 Å². The largest absolute Gasteiger partial charge is 0.251 e. The van der Waals surface area contributed by atoms with Gasteiger partial charge in [-0.05, 0) is 38.5 Å². The summed E-state index contributed by atoms with van der Waals surface area (Å²) in [6.07, 6.45) is 4.99. The van der Waals surface area contributed by atoms with Gasteiger partial charge in [-0.2, -0.15) is 0 Å². The van der Waals surface area contributed by atoms with Crippen LogP contribution in [-0.2, 0) is 4.89 Å². The van der Waals surface area contributed by atoms with E-state index in [1.807, 2.05) is 13.8 Å². The average molecular weight is 172 g/mol. The van der Waals surface area contributed by atoms with Gasteiger partial charge in [-0.1, -0.05) is 19.8 Å². The fourth-order valence-corrected chi connectivity index (χ4v) is 2.14. The van der Waals surface area contributed by atoms with Gasteiger partial charge >= 0.3 is 0 Å². The quantitative estimate of drug-likeness (QED) is 0.512. The van der Waals surface area contributed by atoms with Crippen molar-refractivity contribution in [2.45, 2.75) is 52.1 Å². The first-order valence-electron chi connectivity index (χ1n) is 4.89. The third-order valence-electron chi connectivity index (χ3n) is 3.15. The van der Waals surface area contributed by atoms with Crippen molar-refractivity contribution in [2.75, 3.05) is 0 Å². The summed E-state index contributed by atoms with van der Waals surface area (Å²) in [4.78, 5) is 4.53. The predicted molar refractivity (Wildman–Crippen MR) is 48.9 cm³/mol. The lowest BCUT2D eigenvalue weighted by Crippen LogP contribution is -2.36. The zero-order valence-electron chi connectivity index (χ0n) is 8.34. The maximum absolute atomic E-state index is 8.73. The topological polar surface area (TPSA) is 29.5 Å². The van der Waals surface area contributed by atoms with Crippen LogP contribution in [0.2, 0.25) is 0 Å². The van der Waals surface area contributed by atoms with Crippen molar-refractivity contribution in [3.8, 4) is 0 Å². The van der Waals surface area contributed by atoms with Gasteiger partial charge in [0.25, 0.3) is 0 Å². The van der Waals surface area contributed by atoms with Crippen LogP contribution in [0.4, 0.5) is 0 Å². The van der Waals surface area contributed by atoms with Crippen LogP contribution in [0.25, 0.3) is 0 Å². The van der Waals surface area contributed by atoms with E-state index >= 15 is 0 Å². The van der Waals surface area contributed by atoms with Crippen LogP contribution in [0.3, 0.4) is 0 Å². The molecule has 2 nitrogen and oxygen atoms in total. The Hall–Kier alpha value is -0.0800. The molecule has 0 spiro atoms.